The van der Waals surface area contributed by atoms with Crippen LogP contribution in [-0.4, -0.2) is 38.0 Å². The fourth-order valence-corrected chi connectivity index (χ4v) is 1.99. The van der Waals surface area contributed by atoms with Crippen LogP contribution < -0.4 is 20.1 Å². The number of anilines is 2. The zero-order valence-electron chi connectivity index (χ0n) is 12.4. The Morgan fingerprint density at radius 1 is 1.21 bits per heavy atom. The summed E-state index contributed by atoms with van der Waals surface area (Å²) in [7, 11) is 3.16. The number of rotatable bonds is 6. The number of ether oxygens (including phenoxy) is 2. The molecule has 0 saturated heterocycles. The third-order valence-electron chi connectivity index (χ3n) is 2.83. The highest BCUT2D eigenvalue weighted by Crippen LogP contribution is 2.37. The SMILES string of the molecule is CCN(CC(C)(C)O)c1cc(OC)c(OC)cc1N. The lowest BCUT2D eigenvalue weighted by Gasteiger charge is -2.31. The molecule has 19 heavy (non-hydrogen) atoms. The zero-order chi connectivity index (χ0) is 14.6. The summed E-state index contributed by atoms with van der Waals surface area (Å²) < 4.78 is 10.5. The number of nitrogen functional groups attached to an aromatic ring is 1. The van der Waals surface area contributed by atoms with Crippen LogP contribution in [0.4, 0.5) is 11.4 Å². The number of likely N-dealkylation sites (N-methyl/N-ethyl adjacent to an activating group) is 1. The van der Waals surface area contributed by atoms with Crippen LogP contribution in [0.15, 0.2) is 12.1 Å². The number of nitrogens with two attached hydrogens (primary N) is 1. The largest absolute Gasteiger partial charge is 0.493 e. The molecule has 108 valence electrons. The van der Waals surface area contributed by atoms with E-state index in [9.17, 15) is 5.11 Å². The molecule has 0 radical (unpaired) electrons. The van der Waals surface area contributed by atoms with E-state index in [-0.39, 0.29) is 0 Å². The molecular weight excluding hydrogens is 244 g/mol. The lowest BCUT2D eigenvalue weighted by atomic mass is 10.1. The van der Waals surface area contributed by atoms with Gasteiger partial charge in [0.25, 0.3) is 0 Å². The van der Waals surface area contributed by atoms with Crippen molar-refractivity contribution in [3.05, 3.63) is 12.1 Å². The van der Waals surface area contributed by atoms with E-state index in [0.717, 1.165) is 12.2 Å². The van der Waals surface area contributed by atoms with Crippen molar-refractivity contribution in [2.24, 2.45) is 0 Å². The van der Waals surface area contributed by atoms with Crippen molar-refractivity contribution in [3.63, 3.8) is 0 Å². The quantitative estimate of drug-likeness (QED) is 0.771. The van der Waals surface area contributed by atoms with Gasteiger partial charge in [-0.2, -0.15) is 0 Å². The van der Waals surface area contributed by atoms with Gasteiger partial charge in [-0.3, -0.25) is 0 Å². The Bertz CT molecular complexity index is 427. The Balaban J connectivity index is 3.17. The average Bonchev–Trinajstić information content (AvgIpc) is 2.34. The molecule has 1 rings (SSSR count). The van der Waals surface area contributed by atoms with E-state index in [1.165, 1.54) is 0 Å². The molecule has 1 aromatic carbocycles. The molecule has 0 saturated carbocycles. The number of aliphatic hydroxyl groups is 1. The minimum absolute atomic E-state index is 0.489. The minimum Gasteiger partial charge on any atom is -0.493 e. The molecule has 5 heteroatoms. The zero-order valence-corrected chi connectivity index (χ0v) is 12.4. The smallest absolute Gasteiger partial charge is 0.162 e. The molecule has 0 aliphatic rings. The first-order valence-electron chi connectivity index (χ1n) is 6.31. The van der Waals surface area contributed by atoms with Gasteiger partial charge >= 0.3 is 0 Å². The van der Waals surface area contributed by atoms with Gasteiger partial charge in [-0.05, 0) is 20.8 Å². The third kappa shape index (κ3) is 3.92. The molecule has 0 atom stereocenters. The van der Waals surface area contributed by atoms with Gasteiger partial charge in [-0.1, -0.05) is 0 Å². The Hall–Kier alpha value is -1.62. The van der Waals surface area contributed by atoms with Gasteiger partial charge in [0.05, 0.1) is 31.2 Å². The molecule has 0 aliphatic heterocycles. The van der Waals surface area contributed by atoms with Crippen molar-refractivity contribution in [1.82, 2.24) is 0 Å². The van der Waals surface area contributed by atoms with Crippen LogP contribution in [-0.2, 0) is 0 Å². The maximum Gasteiger partial charge on any atom is 0.162 e. The second-order valence-electron chi connectivity index (χ2n) is 5.09. The lowest BCUT2D eigenvalue weighted by molar-refractivity contribution is 0.0876. The van der Waals surface area contributed by atoms with Crippen LogP contribution in [0.5, 0.6) is 11.5 Å². The average molecular weight is 268 g/mol. The highest BCUT2D eigenvalue weighted by atomic mass is 16.5. The molecule has 0 amide bonds. The highest BCUT2D eigenvalue weighted by molar-refractivity contribution is 5.73. The van der Waals surface area contributed by atoms with Gasteiger partial charge < -0.3 is 25.2 Å². The minimum atomic E-state index is -0.796. The molecule has 0 aromatic heterocycles. The molecule has 3 N–H and O–H groups in total. The standard InChI is InChI=1S/C14H24N2O3/c1-6-16(9-14(2,3)17)11-8-13(19-5)12(18-4)7-10(11)15/h7-8,17H,6,9,15H2,1-5H3. The number of methoxy groups -OCH3 is 2. The van der Waals surface area contributed by atoms with Crippen molar-refractivity contribution in [2.75, 3.05) is 37.9 Å². The maximum absolute atomic E-state index is 9.96. The summed E-state index contributed by atoms with van der Waals surface area (Å²) in [5.41, 5.74) is 6.70. The monoisotopic (exact) mass is 268 g/mol. The molecule has 0 fully saturated rings. The summed E-state index contributed by atoms with van der Waals surface area (Å²) in [6.45, 7) is 6.79. The molecule has 0 bridgehead atoms. The fraction of sp³-hybridized carbons (Fsp3) is 0.571. The first-order valence-corrected chi connectivity index (χ1v) is 6.31. The molecule has 1 aromatic rings. The second-order valence-corrected chi connectivity index (χ2v) is 5.09. The number of benzene rings is 1. The molecule has 0 spiro atoms. The predicted octanol–water partition coefficient (Wildman–Crippen LogP) is 1.88. The molecule has 0 unspecified atom stereocenters. The topological polar surface area (TPSA) is 68.0 Å². The van der Waals surface area contributed by atoms with E-state index in [0.29, 0.717) is 23.7 Å². The van der Waals surface area contributed by atoms with Crippen LogP contribution in [0.3, 0.4) is 0 Å². The number of hydrogen-bond acceptors (Lipinski definition) is 5. The van der Waals surface area contributed by atoms with E-state index < -0.39 is 5.60 Å². The Kier molecular flexibility index (Phi) is 4.89. The van der Waals surface area contributed by atoms with Gasteiger partial charge in [0, 0.05) is 25.2 Å². The first-order chi connectivity index (χ1) is 8.82. The summed E-state index contributed by atoms with van der Waals surface area (Å²) in [5, 5.41) is 9.96. The van der Waals surface area contributed by atoms with Crippen molar-refractivity contribution in [1.29, 1.82) is 0 Å². The van der Waals surface area contributed by atoms with Gasteiger partial charge in [0.1, 0.15) is 0 Å². The van der Waals surface area contributed by atoms with Crippen LogP contribution in [0, 0.1) is 0 Å². The van der Waals surface area contributed by atoms with Gasteiger partial charge in [0.15, 0.2) is 11.5 Å². The van der Waals surface area contributed by atoms with E-state index in [1.807, 2.05) is 17.9 Å². The van der Waals surface area contributed by atoms with Gasteiger partial charge in [0.2, 0.25) is 0 Å². The third-order valence-corrected chi connectivity index (χ3v) is 2.83. The summed E-state index contributed by atoms with van der Waals surface area (Å²) in [5.74, 6) is 1.23. The summed E-state index contributed by atoms with van der Waals surface area (Å²) in [6.07, 6.45) is 0. The molecule has 0 aliphatic carbocycles. The number of nitrogens with zero attached hydrogens (tertiary/aromatic N) is 1. The highest BCUT2D eigenvalue weighted by Gasteiger charge is 2.20. The molecular formula is C14H24N2O3. The summed E-state index contributed by atoms with van der Waals surface area (Å²) in [6, 6.07) is 3.57. The molecule has 0 heterocycles. The lowest BCUT2D eigenvalue weighted by Crippen LogP contribution is -2.38. The van der Waals surface area contributed by atoms with Gasteiger partial charge in [-0.15, -0.1) is 0 Å². The van der Waals surface area contributed by atoms with Crippen LogP contribution in [0.1, 0.15) is 20.8 Å². The van der Waals surface area contributed by atoms with Crippen molar-refractivity contribution in [3.8, 4) is 11.5 Å². The Morgan fingerprint density at radius 2 is 1.74 bits per heavy atom. The first kappa shape index (κ1) is 15.4. The van der Waals surface area contributed by atoms with Crippen molar-refractivity contribution >= 4 is 11.4 Å². The Morgan fingerprint density at radius 3 is 2.16 bits per heavy atom. The normalized spacial score (nSPS) is 11.3. The van der Waals surface area contributed by atoms with Crippen LogP contribution >= 0.6 is 0 Å². The maximum atomic E-state index is 9.96. The fourth-order valence-electron chi connectivity index (χ4n) is 1.99. The predicted molar refractivity (Wildman–Crippen MR) is 78.1 cm³/mol. The van der Waals surface area contributed by atoms with E-state index in [1.54, 1.807) is 34.1 Å². The van der Waals surface area contributed by atoms with Crippen molar-refractivity contribution < 1.29 is 14.6 Å². The summed E-state index contributed by atoms with van der Waals surface area (Å²) in [4.78, 5) is 2.01. The van der Waals surface area contributed by atoms with E-state index >= 15 is 0 Å². The van der Waals surface area contributed by atoms with Crippen molar-refractivity contribution in [2.45, 2.75) is 26.4 Å². The van der Waals surface area contributed by atoms with Crippen LogP contribution in [0.25, 0.3) is 0 Å². The van der Waals surface area contributed by atoms with E-state index in [2.05, 4.69) is 0 Å². The van der Waals surface area contributed by atoms with Gasteiger partial charge in [-0.25, -0.2) is 0 Å². The molecule has 5 nitrogen and oxygen atoms in total. The Labute approximate surface area is 114 Å². The summed E-state index contributed by atoms with van der Waals surface area (Å²) >= 11 is 0. The van der Waals surface area contributed by atoms with Crippen LogP contribution in [0.2, 0.25) is 0 Å². The van der Waals surface area contributed by atoms with E-state index in [4.69, 9.17) is 15.2 Å². The number of hydrogen-bond donors (Lipinski definition) is 2. The second kappa shape index (κ2) is 6.02.